The smallest absolute Gasteiger partial charge is 0.272 e. The van der Waals surface area contributed by atoms with Crippen LogP contribution in [0.3, 0.4) is 0 Å². The van der Waals surface area contributed by atoms with Gasteiger partial charge >= 0.3 is 0 Å². The van der Waals surface area contributed by atoms with Crippen molar-refractivity contribution in [3.05, 3.63) is 23.9 Å². The summed E-state index contributed by atoms with van der Waals surface area (Å²) >= 11 is 0. The number of anilines is 1. The summed E-state index contributed by atoms with van der Waals surface area (Å²) in [6.45, 7) is 2.04. The number of aromatic nitrogens is 2. The summed E-state index contributed by atoms with van der Waals surface area (Å²) in [6.07, 6.45) is 3.64. The van der Waals surface area contributed by atoms with Crippen LogP contribution in [-0.4, -0.2) is 22.1 Å². The third-order valence-electron chi connectivity index (χ3n) is 3.56. The molecule has 1 amide bonds. The number of hydrogen-bond donors (Lipinski definition) is 3. The number of amides is 1. The minimum absolute atomic E-state index is 0.134. The second-order valence-electron chi connectivity index (χ2n) is 5.43. The predicted molar refractivity (Wildman–Crippen MR) is 74.8 cm³/mol. The van der Waals surface area contributed by atoms with Gasteiger partial charge < -0.3 is 11.1 Å². The predicted octanol–water partition coefficient (Wildman–Crippen LogP) is 2.06. The second-order valence-corrected chi connectivity index (χ2v) is 5.43. The first kappa shape index (κ1) is 12.0. The van der Waals surface area contributed by atoms with E-state index < -0.39 is 0 Å². The van der Waals surface area contributed by atoms with Gasteiger partial charge in [-0.2, -0.15) is 5.10 Å². The average Bonchev–Trinajstić information content (AvgIpc) is 3.06. The molecule has 3 rings (SSSR count). The number of nitrogens with zero attached hydrogens (tertiary/aromatic N) is 1. The summed E-state index contributed by atoms with van der Waals surface area (Å²) in [4.78, 5) is 12.2. The SMILES string of the molecule is CC(CC1CC1)NC(=O)c1n[nH]c2ccc(N)cc12. The summed E-state index contributed by atoms with van der Waals surface area (Å²) in [7, 11) is 0. The molecular formula is C14H18N4O. The van der Waals surface area contributed by atoms with Crippen molar-refractivity contribution >= 4 is 22.5 Å². The van der Waals surface area contributed by atoms with Crippen molar-refractivity contribution in [3.8, 4) is 0 Å². The van der Waals surface area contributed by atoms with E-state index in [9.17, 15) is 4.79 Å². The summed E-state index contributed by atoms with van der Waals surface area (Å²) in [6, 6.07) is 5.59. The lowest BCUT2D eigenvalue weighted by atomic mass is 10.1. The Morgan fingerprint density at radius 2 is 2.37 bits per heavy atom. The Hall–Kier alpha value is -2.04. The molecule has 1 fully saturated rings. The highest BCUT2D eigenvalue weighted by Gasteiger charge is 2.25. The van der Waals surface area contributed by atoms with Crippen LogP contribution in [0.4, 0.5) is 5.69 Å². The molecule has 1 aromatic heterocycles. The molecule has 5 heteroatoms. The Labute approximate surface area is 111 Å². The maximum absolute atomic E-state index is 12.2. The number of nitrogens with two attached hydrogens (primary N) is 1. The van der Waals surface area contributed by atoms with Crippen molar-refractivity contribution < 1.29 is 4.79 Å². The van der Waals surface area contributed by atoms with Crippen LogP contribution in [0.1, 0.15) is 36.7 Å². The highest BCUT2D eigenvalue weighted by molar-refractivity contribution is 6.05. The zero-order chi connectivity index (χ0) is 13.4. The lowest BCUT2D eigenvalue weighted by Gasteiger charge is -2.12. The molecule has 0 bridgehead atoms. The molecule has 19 heavy (non-hydrogen) atoms. The normalized spacial score (nSPS) is 16.5. The van der Waals surface area contributed by atoms with Gasteiger partial charge in [-0.1, -0.05) is 12.8 Å². The number of carbonyl (C=O) groups excluding carboxylic acids is 1. The molecule has 1 atom stereocenters. The van der Waals surface area contributed by atoms with Gasteiger partial charge in [-0.05, 0) is 37.5 Å². The monoisotopic (exact) mass is 258 g/mol. The van der Waals surface area contributed by atoms with Gasteiger partial charge in [-0.15, -0.1) is 0 Å². The number of rotatable bonds is 4. The number of nitrogens with one attached hydrogen (secondary N) is 2. The van der Waals surface area contributed by atoms with E-state index in [-0.39, 0.29) is 11.9 Å². The fraction of sp³-hybridized carbons (Fsp3) is 0.429. The lowest BCUT2D eigenvalue weighted by Crippen LogP contribution is -2.33. The van der Waals surface area contributed by atoms with Crippen LogP contribution >= 0.6 is 0 Å². The van der Waals surface area contributed by atoms with Crippen molar-refractivity contribution in [1.82, 2.24) is 15.5 Å². The Balaban J connectivity index is 1.78. The molecular weight excluding hydrogens is 240 g/mol. The lowest BCUT2D eigenvalue weighted by molar-refractivity contribution is 0.0934. The summed E-state index contributed by atoms with van der Waals surface area (Å²) < 4.78 is 0. The fourth-order valence-corrected chi connectivity index (χ4v) is 2.41. The van der Waals surface area contributed by atoms with Crippen LogP contribution in [0.5, 0.6) is 0 Å². The quantitative estimate of drug-likeness (QED) is 0.734. The van der Waals surface area contributed by atoms with Crippen molar-refractivity contribution in [3.63, 3.8) is 0 Å². The van der Waals surface area contributed by atoms with Crippen molar-refractivity contribution in [1.29, 1.82) is 0 Å². The maximum atomic E-state index is 12.2. The van der Waals surface area contributed by atoms with Crippen LogP contribution in [0, 0.1) is 5.92 Å². The molecule has 0 saturated heterocycles. The first-order chi connectivity index (χ1) is 9.13. The van der Waals surface area contributed by atoms with E-state index in [2.05, 4.69) is 15.5 Å². The van der Waals surface area contributed by atoms with E-state index in [1.165, 1.54) is 12.8 Å². The number of nitrogen functional groups attached to an aromatic ring is 1. The highest BCUT2D eigenvalue weighted by Crippen LogP contribution is 2.33. The number of fused-ring (bicyclic) bond motifs is 1. The molecule has 0 spiro atoms. The standard InChI is InChI=1S/C14H18N4O/c1-8(6-9-2-3-9)16-14(19)13-11-7-10(15)4-5-12(11)17-18-13/h4-5,7-9H,2-3,6,15H2,1H3,(H,16,19)(H,17,18). The van der Waals surface area contributed by atoms with Crippen molar-refractivity contribution in [2.45, 2.75) is 32.2 Å². The van der Waals surface area contributed by atoms with Gasteiger partial charge in [0.1, 0.15) is 0 Å². The zero-order valence-corrected chi connectivity index (χ0v) is 10.9. The molecule has 1 saturated carbocycles. The van der Waals surface area contributed by atoms with Crippen LogP contribution in [0.2, 0.25) is 0 Å². The van der Waals surface area contributed by atoms with Crippen LogP contribution in [0.25, 0.3) is 10.9 Å². The maximum Gasteiger partial charge on any atom is 0.272 e. The van der Waals surface area contributed by atoms with Gasteiger partial charge in [0.05, 0.1) is 5.52 Å². The molecule has 5 nitrogen and oxygen atoms in total. The van der Waals surface area contributed by atoms with Gasteiger partial charge in [-0.3, -0.25) is 9.89 Å². The van der Waals surface area contributed by atoms with Crippen LogP contribution in [-0.2, 0) is 0 Å². The molecule has 1 unspecified atom stereocenters. The van der Waals surface area contributed by atoms with E-state index >= 15 is 0 Å². The summed E-state index contributed by atoms with van der Waals surface area (Å²) in [5.41, 5.74) is 7.64. The first-order valence-electron chi connectivity index (χ1n) is 6.68. The first-order valence-corrected chi connectivity index (χ1v) is 6.68. The van der Waals surface area contributed by atoms with Crippen LogP contribution in [0.15, 0.2) is 18.2 Å². The number of aromatic amines is 1. The Morgan fingerprint density at radius 3 is 3.11 bits per heavy atom. The van der Waals surface area contributed by atoms with Crippen LogP contribution < -0.4 is 11.1 Å². The minimum atomic E-state index is -0.134. The number of H-pyrrole nitrogens is 1. The van der Waals surface area contributed by atoms with E-state index in [0.29, 0.717) is 11.4 Å². The number of carbonyl (C=O) groups is 1. The summed E-state index contributed by atoms with van der Waals surface area (Å²) in [5.74, 6) is 0.659. The Kier molecular flexibility index (Phi) is 2.89. The van der Waals surface area contributed by atoms with Gasteiger partial charge in [0.2, 0.25) is 0 Å². The Morgan fingerprint density at radius 1 is 1.58 bits per heavy atom. The van der Waals surface area contributed by atoms with Gasteiger partial charge in [0.25, 0.3) is 5.91 Å². The second kappa shape index (κ2) is 4.57. The average molecular weight is 258 g/mol. The third kappa shape index (κ3) is 2.54. The fourth-order valence-electron chi connectivity index (χ4n) is 2.41. The largest absolute Gasteiger partial charge is 0.399 e. The van der Waals surface area contributed by atoms with E-state index in [0.717, 1.165) is 23.2 Å². The van der Waals surface area contributed by atoms with E-state index in [4.69, 9.17) is 5.73 Å². The zero-order valence-electron chi connectivity index (χ0n) is 10.9. The number of hydrogen-bond acceptors (Lipinski definition) is 3. The molecule has 1 aliphatic carbocycles. The van der Waals surface area contributed by atoms with Crippen molar-refractivity contribution in [2.24, 2.45) is 5.92 Å². The molecule has 1 aromatic carbocycles. The van der Waals surface area contributed by atoms with E-state index in [1.54, 1.807) is 12.1 Å². The highest BCUT2D eigenvalue weighted by atomic mass is 16.2. The molecule has 0 radical (unpaired) electrons. The Bertz CT molecular complexity index is 615. The van der Waals surface area contributed by atoms with E-state index in [1.807, 2.05) is 13.0 Å². The van der Waals surface area contributed by atoms with Gasteiger partial charge in [0, 0.05) is 17.1 Å². The third-order valence-corrected chi connectivity index (χ3v) is 3.56. The molecule has 100 valence electrons. The summed E-state index contributed by atoms with van der Waals surface area (Å²) in [5, 5.41) is 10.7. The topological polar surface area (TPSA) is 83.8 Å². The van der Waals surface area contributed by atoms with Gasteiger partial charge in [0.15, 0.2) is 5.69 Å². The molecule has 1 aliphatic rings. The molecule has 0 aliphatic heterocycles. The van der Waals surface area contributed by atoms with Gasteiger partial charge in [-0.25, -0.2) is 0 Å². The van der Waals surface area contributed by atoms with Crippen molar-refractivity contribution in [2.75, 3.05) is 5.73 Å². The molecule has 2 aromatic rings. The minimum Gasteiger partial charge on any atom is -0.399 e. The molecule has 4 N–H and O–H groups in total. The number of benzene rings is 1. The molecule has 1 heterocycles.